The zero-order chi connectivity index (χ0) is 46.4. The van der Waals surface area contributed by atoms with Gasteiger partial charge >= 0.3 is 7.82 Å². The monoisotopic (exact) mass is 898 g/mol. The molecule has 9 heteroatoms. The van der Waals surface area contributed by atoms with Gasteiger partial charge in [0.15, 0.2) is 0 Å². The molecule has 360 valence electrons. The highest BCUT2D eigenvalue weighted by Crippen LogP contribution is 2.43. The SMILES string of the molecule is CC/C=C\C/C=C\C/C=C\C/C=C\C/C=C\C/C=C\C/C=C\C/C=C\CCCCCCCCCCCCCCC(=O)NC(COP(=O)(O)OCC[N+](C)(C)C)C(O)/C=C/CCCC. The number of phosphoric acid groups is 1. The maximum Gasteiger partial charge on any atom is 0.472 e. The molecular formula is C54H94N2O6P+. The van der Waals surface area contributed by atoms with Gasteiger partial charge in [-0.2, -0.15) is 0 Å². The third-order valence-corrected chi connectivity index (χ3v) is 11.2. The van der Waals surface area contributed by atoms with Crippen molar-refractivity contribution < 1.29 is 32.9 Å². The van der Waals surface area contributed by atoms with Crippen LogP contribution in [0.4, 0.5) is 0 Å². The molecular weight excluding hydrogens is 804 g/mol. The fraction of sp³-hybridized carbons (Fsp3) is 0.648. The molecule has 0 spiro atoms. The van der Waals surface area contributed by atoms with Crippen LogP contribution >= 0.6 is 7.82 Å². The number of carbonyl (C=O) groups excluding carboxylic acids is 1. The van der Waals surface area contributed by atoms with Crippen LogP contribution in [0.15, 0.2) is 109 Å². The zero-order valence-electron chi connectivity index (χ0n) is 40.8. The first-order valence-electron chi connectivity index (χ1n) is 24.8. The van der Waals surface area contributed by atoms with Gasteiger partial charge in [0.05, 0.1) is 39.9 Å². The van der Waals surface area contributed by atoms with E-state index in [1.807, 2.05) is 27.2 Å². The van der Waals surface area contributed by atoms with Crippen LogP contribution in [0.5, 0.6) is 0 Å². The summed E-state index contributed by atoms with van der Waals surface area (Å²) >= 11 is 0. The molecule has 8 nitrogen and oxygen atoms in total. The maximum absolute atomic E-state index is 12.7. The number of hydrogen-bond donors (Lipinski definition) is 3. The van der Waals surface area contributed by atoms with E-state index in [4.69, 9.17) is 9.05 Å². The van der Waals surface area contributed by atoms with E-state index in [0.29, 0.717) is 17.4 Å². The number of carbonyl (C=O) groups is 1. The zero-order valence-corrected chi connectivity index (χ0v) is 41.7. The quantitative estimate of drug-likeness (QED) is 0.0244. The lowest BCUT2D eigenvalue weighted by molar-refractivity contribution is -0.870. The number of nitrogens with one attached hydrogen (secondary N) is 1. The van der Waals surface area contributed by atoms with E-state index in [0.717, 1.165) is 89.9 Å². The number of nitrogens with zero attached hydrogens (tertiary/aromatic N) is 1. The molecule has 0 aromatic heterocycles. The summed E-state index contributed by atoms with van der Waals surface area (Å²) < 4.78 is 23.3. The second-order valence-electron chi connectivity index (χ2n) is 17.5. The first kappa shape index (κ1) is 60.2. The van der Waals surface area contributed by atoms with Crippen LogP contribution in [-0.2, 0) is 18.4 Å². The first-order valence-corrected chi connectivity index (χ1v) is 26.3. The molecule has 0 fully saturated rings. The predicted molar refractivity (Wildman–Crippen MR) is 272 cm³/mol. The molecule has 0 saturated carbocycles. The van der Waals surface area contributed by atoms with Crippen molar-refractivity contribution in [3.63, 3.8) is 0 Å². The van der Waals surface area contributed by atoms with Gasteiger partial charge in [0.1, 0.15) is 13.2 Å². The molecule has 3 unspecified atom stereocenters. The number of aliphatic hydroxyl groups excluding tert-OH is 1. The van der Waals surface area contributed by atoms with E-state index in [-0.39, 0.29) is 19.1 Å². The normalized spacial score (nSPS) is 15.1. The molecule has 0 aliphatic carbocycles. The Morgan fingerprint density at radius 3 is 1.38 bits per heavy atom. The summed E-state index contributed by atoms with van der Waals surface area (Å²) in [4.78, 5) is 22.9. The van der Waals surface area contributed by atoms with E-state index in [9.17, 15) is 19.4 Å². The molecule has 0 bridgehead atoms. The van der Waals surface area contributed by atoms with E-state index in [1.165, 1.54) is 64.2 Å². The van der Waals surface area contributed by atoms with Gasteiger partial charge in [-0.15, -0.1) is 0 Å². The van der Waals surface area contributed by atoms with Gasteiger partial charge in [-0.05, 0) is 77.0 Å². The van der Waals surface area contributed by atoms with Crippen molar-refractivity contribution in [3.8, 4) is 0 Å². The average Bonchev–Trinajstić information content (AvgIpc) is 3.24. The van der Waals surface area contributed by atoms with Crippen molar-refractivity contribution in [2.75, 3.05) is 40.9 Å². The number of rotatable bonds is 43. The number of unbranched alkanes of at least 4 members (excludes halogenated alkanes) is 14. The van der Waals surface area contributed by atoms with Gasteiger partial charge in [-0.25, -0.2) is 4.57 Å². The van der Waals surface area contributed by atoms with E-state index in [2.05, 4.69) is 116 Å². The van der Waals surface area contributed by atoms with Gasteiger partial charge in [-0.1, -0.05) is 200 Å². The second kappa shape index (κ2) is 44.4. The molecule has 0 aromatic carbocycles. The Kier molecular flexibility index (Phi) is 42.4. The topological polar surface area (TPSA) is 105 Å². The van der Waals surface area contributed by atoms with Crippen molar-refractivity contribution >= 4 is 13.7 Å². The minimum Gasteiger partial charge on any atom is -0.387 e. The summed E-state index contributed by atoms with van der Waals surface area (Å²) in [6, 6.07) is -0.849. The number of hydrogen-bond acceptors (Lipinski definition) is 5. The van der Waals surface area contributed by atoms with Crippen LogP contribution in [0.2, 0.25) is 0 Å². The summed E-state index contributed by atoms with van der Waals surface area (Å²) in [5.74, 6) is -0.195. The minimum absolute atomic E-state index is 0.0552. The molecule has 1 amide bonds. The van der Waals surface area contributed by atoms with Crippen molar-refractivity contribution in [2.24, 2.45) is 0 Å². The molecule has 0 aliphatic heterocycles. The highest BCUT2D eigenvalue weighted by molar-refractivity contribution is 7.47. The number of likely N-dealkylation sites (N-methyl/N-ethyl adjacent to an activating group) is 1. The molecule has 0 rings (SSSR count). The summed E-state index contributed by atoms with van der Waals surface area (Å²) in [5, 5.41) is 13.6. The van der Waals surface area contributed by atoms with Gasteiger partial charge in [0, 0.05) is 6.42 Å². The van der Waals surface area contributed by atoms with Gasteiger partial charge < -0.3 is 19.8 Å². The highest BCUT2D eigenvalue weighted by atomic mass is 31.2. The summed E-state index contributed by atoms with van der Waals surface area (Å²) in [7, 11) is 1.55. The Bertz CT molecular complexity index is 1390. The standard InChI is InChI=1S/C54H93N2O6P/c1-6-8-10-12-13-14-15-16-17-18-19-20-21-22-23-24-25-26-27-28-29-30-31-32-33-34-35-36-37-38-39-40-41-42-43-44-46-48-54(58)55-52(53(57)47-45-11-9-7-2)51-62-63(59,60)61-50-49-56(3,4)5/h8,10,13-14,16-17,19-20,22-23,25-26,28-29,31-32,45,47,52-53,57H,6-7,9,11-12,15,18,21,24,27,30,33-44,46,48-51H2,1-5H3,(H-,55,58,59,60)/p+1/b10-8-,14-13-,17-16-,20-19-,23-22-,26-25-,29-28-,32-31-,47-45+. The van der Waals surface area contributed by atoms with Crippen molar-refractivity contribution in [3.05, 3.63) is 109 Å². The molecule has 0 aliphatic rings. The fourth-order valence-electron chi connectivity index (χ4n) is 6.34. The largest absolute Gasteiger partial charge is 0.472 e. The van der Waals surface area contributed by atoms with Crippen LogP contribution < -0.4 is 5.32 Å². The van der Waals surface area contributed by atoms with Crippen LogP contribution in [-0.4, -0.2) is 73.4 Å². The molecule has 3 N–H and O–H groups in total. The number of allylic oxidation sites excluding steroid dienone is 17. The number of aliphatic hydroxyl groups is 1. The Hall–Kier alpha value is -2.84. The lowest BCUT2D eigenvalue weighted by Crippen LogP contribution is -2.45. The van der Waals surface area contributed by atoms with Crippen molar-refractivity contribution in [1.29, 1.82) is 0 Å². The lowest BCUT2D eigenvalue weighted by Gasteiger charge is -2.25. The van der Waals surface area contributed by atoms with Crippen LogP contribution in [0, 0.1) is 0 Å². The minimum atomic E-state index is -4.32. The van der Waals surface area contributed by atoms with E-state index in [1.54, 1.807) is 6.08 Å². The molecule has 0 radical (unpaired) electrons. The lowest BCUT2D eigenvalue weighted by atomic mass is 10.0. The average molecular weight is 898 g/mol. The molecule has 0 saturated heterocycles. The van der Waals surface area contributed by atoms with Crippen LogP contribution in [0.1, 0.15) is 174 Å². The number of quaternary nitrogens is 1. The van der Waals surface area contributed by atoms with Crippen LogP contribution in [0.3, 0.4) is 0 Å². The molecule has 63 heavy (non-hydrogen) atoms. The predicted octanol–water partition coefficient (Wildman–Crippen LogP) is 14.5. The summed E-state index contributed by atoms with van der Waals surface area (Å²) in [6.07, 6.45) is 65.4. The Morgan fingerprint density at radius 2 is 0.952 bits per heavy atom. The van der Waals surface area contributed by atoms with E-state index >= 15 is 0 Å². The molecule has 0 aromatic rings. The Morgan fingerprint density at radius 1 is 0.556 bits per heavy atom. The smallest absolute Gasteiger partial charge is 0.387 e. The third-order valence-electron chi connectivity index (χ3n) is 10.2. The van der Waals surface area contributed by atoms with E-state index < -0.39 is 20.0 Å². The summed E-state index contributed by atoms with van der Waals surface area (Å²) in [6.45, 7) is 4.52. The first-order chi connectivity index (χ1) is 30.5. The second-order valence-corrected chi connectivity index (χ2v) is 18.9. The molecule has 3 atom stereocenters. The van der Waals surface area contributed by atoms with Crippen molar-refractivity contribution in [1.82, 2.24) is 5.32 Å². The molecule has 0 heterocycles. The van der Waals surface area contributed by atoms with Crippen LogP contribution in [0.25, 0.3) is 0 Å². The van der Waals surface area contributed by atoms with Gasteiger partial charge in [0.25, 0.3) is 0 Å². The number of amides is 1. The third kappa shape index (κ3) is 47.0. The Labute approximate surface area is 387 Å². The van der Waals surface area contributed by atoms with Gasteiger partial charge in [-0.3, -0.25) is 13.8 Å². The highest BCUT2D eigenvalue weighted by Gasteiger charge is 2.27. The number of phosphoric ester groups is 1. The summed E-state index contributed by atoms with van der Waals surface area (Å²) in [5.41, 5.74) is 0. The maximum atomic E-state index is 12.7. The van der Waals surface area contributed by atoms with Gasteiger partial charge in [0.2, 0.25) is 5.91 Å². The fourth-order valence-corrected chi connectivity index (χ4v) is 7.07. The Balaban J connectivity index is 3.87. The van der Waals surface area contributed by atoms with Crippen molar-refractivity contribution in [2.45, 2.75) is 187 Å².